The molecule has 2 amide bonds. The van der Waals surface area contributed by atoms with Crippen LogP contribution in [0.25, 0.3) is 16.8 Å². The highest BCUT2D eigenvalue weighted by Gasteiger charge is 2.14. The first kappa shape index (κ1) is 24.1. The van der Waals surface area contributed by atoms with Gasteiger partial charge in [-0.15, -0.1) is 0 Å². The van der Waals surface area contributed by atoms with Crippen LogP contribution in [0.5, 0.6) is 0 Å². The van der Waals surface area contributed by atoms with Gasteiger partial charge >= 0.3 is 0 Å². The number of thiocarbonyl (C=S) groups is 1. The van der Waals surface area contributed by atoms with Gasteiger partial charge in [0.05, 0.1) is 0 Å². The van der Waals surface area contributed by atoms with E-state index in [1.807, 2.05) is 47.4 Å². The lowest BCUT2D eigenvalue weighted by atomic mass is 10.0. The Labute approximate surface area is 200 Å². The number of nitrogens with zero attached hydrogens (tertiary/aromatic N) is 1. The molecule has 0 fully saturated rings. The van der Waals surface area contributed by atoms with E-state index in [2.05, 4.69) is 24.5 Å². The number of nitrogens with one attached hydrogen (secondary N) is 2. The average Bonchev–Trinajstić information content (AvgIpc) is 2.82. The second kappa shape index (κ2) is 11.9. The summed E-state index contributed by atoms with van der Waals surface area (Å²) in [7, 11) is 0. The summed E-state index contributed by atoms with van der Waals surface area (Å²) in [6, 6.07) is 21.1. The molecule has 0 saturated heterocycles. The van der Waals surface area contributed by atoms with Gasteiger partial charge in [0.2, 0.25) is 5.91 Å². The summed E-state index contributed by atoms with van der Waals surface area (Å²) < 4.78 is 0. The summed E-state index contributed by atoms with van der Waals surface area (Å²) in [6.45, 7) is 5.62. The Balaban J connectivity index is 1.57. The van der Waals surface area contributed by atoms with E-state index < -0.39 is 0 Å². The summed E-state index contributed by atoms with van der Waals surface area (Å²) in [5.74, 6) is -0.290. The van der Waals surface area contributed by atoms with Gasteiger partial charge in [-0.3, -0.25) is 14.9 Å². The van der Waals surface area contributed by atoms with E-state index in [1.165, 1.54) is 6.08 Å². The predicted octanol–water partition coefficient (Wildman–Crippen LogP) is 5.63. The summed E-state index contributed by atoms with van der Waals surface area (Å²) in [5.41, 5.74) is 2.30. The first-order chi connectivity index (χ1) is 16.0. The third-order valence-electron chi connectivity index (χ3n) is 5.14. The number of carbonyl (C=O) groups excluding carboxylic acids is 2. The third-order valence-corrected chi connectivity index (χ3v) is 5.34. The summed E-state index contributed by atoms with van der Waals surface area (Å²) in [6.07, 6.45) is 5.09. The van der Waals surface area contributed by atoms with Crippen LogP contribution in [-0.2, 0) is 4.79 Å². The van der Waals surface area contributed by atoms with Crippen LogP contribution in [0.4, 0.5) is 5.69 Å². The van der Waals surface area contributed by atoms with Crippen molar-refractivity contribution in [1.82, 2.24) is 10.2 Å². The zero-order valence-electron chi connectivity index (χ0n) is 19.0. The number of fused-ring (bicyclic) bond motifs is 1. The smallest absolute Gasteiger partial charge is 0.253 e. The molecule has 0 atom stereocenters. The number of benzene rings is 3. The minimum atomic E-state index is -0.318. The van der Waals surface area contributed by atoms with Crippen molar-refractivity contribution in [2.75, 3.05) is 18.4 Å². The highest BCUT2D eigenvalue weighted by Crippen LogP contribution is 2.19. The van der Waals surface area contributed by atoms with Crippen LogP contribution in [0.3, 0.4) is 0 Å². The van der Waals surface area contributed by atoms with E-state index in [-0.39, 0.29) is 16.9 Å². The summed E-state index contributed by atoms with van der Waals surface area (Å²) >= 11 is 5.26. The Bertz CT molecular complexity index is 1140. The maximum Gasteiger partial charge on any atom is 0.253 e. The standard InChI is InChI=1S/C27H29N3O2S/c1-3-18-30(19-4-2)26(32)22-12-15-23(16-13-22)28-27(33)29-25(31)17-14-21-10-7-9-20-8-5-6-11-24(20)21/h5-17H,3-4,18-19H2,1-2H3,(H2,28,29,31,33)/b17-14+. The minimum Gasteiger partial charge on any atom is -0.339 e. The summed E-state index contributed by atoms with van der Waals surface area (Å²) in [5, 5.41) is 8.03. The zero-order chi connectivity index (χ0) is 23.6. The van der Waals surface area contributed by atoms with Crippen LogP contribution in [0, 0.1) is 0 Å². The van der Waals surface area contributed by atoms with E-state index in [4.69, 9.17) is 12.2 Å². The molecule has 3 aromatic rings. The van der Waals surface area contributed by atoms with Crippen molar-refractivity contribution in [2.24, 2.45) is 0 Å². The number of hydrogen-bond donors (Lipinski definition) is 2. The molecular weight excluding hydrogens is 430 g/mol. The second-order valence-electron chi connectivity index (χ2n) is 7.71. The van der Waals surface area contributed by atoms with E-state index in [9.17, 15) is 9.59 Å². The molecular formula is C27H29N3O2S. The van der Waals surface area contributed by atoms with E-state index in [0.29, 0.717) is 11.3 Å². The van der Waals surface area contributed by atoms with E-state index in [0.717, 1.165) is 42.3 Å². The topological polar surface area (TPSA) is 61.4 Å². The highest BCUT2D eigenvalue weighted by molar-refractivity contribution is 7.80. The second-order valence-corrected chi connectivity index (χ2v) is 8.12. The normalized spacial score (nSPS) is 10.8. The summed E-state index contributed by atoms with van der Waals surface area (Å²) in [4.78, 5) is 26.9. The van der Waals surface area contributed by atoms with Crippen molar-refractivity contribution in [2.45, 2.75) is 26.7 Å². The molecule has 0 radical (unpaired) electrons. The molecule has 0 saturated carbocycles. The van der Waals surface area contributed by atoms with Gasteiger partial charge in [-0.2, -0.15) is 0 Å². The molecule has 0 aliphatic heterocycles. The third kappa shape index (κ3) is 6.73. The van der Waals surface area contributed by atoms with E-state index >= 15 is 0 Å². The Morgan fingerprint density at radius 3 is 2.27 bits per heavy atom. The zero-order valence-corrected chi connectivity index (χ0v) is 19.8. The molecule has 0 aromatic heterocycles. The van der Waals surface area contributed by atoms with Crippen molar-refractivity contribution < 1.29 is 9.59 Å². The van der Waals surface area contributed by atoms with Gasteiger partial charge in [-0.05, 0) is 71.7 Å². The molecule has 0 spiro atoms. The van der Waals surface area contributed by atoms with Gasteiger partial charge in [0.1, 0.15) is 0 Å². The fourth-order valence-electron chi connectivity index (χ4n) is 3.61. The number of hydrogen-bond acceptors (Lipinski definition) is 3. The molecule has 5 nitrogen and oxygen atoms in total. The van der Waals surface area contributed by atoms with Gasteiger partial charge in [0, 0.05) is 30.4 Å². The first-order valence-corrected chi connectivity index (χ1v) is 11.6. The fraction of sp³-hybridized carbons (Fsp3) is 0.222. The van der Waals surface area contributed by atoms with Crippen LogP contribution in [0.15, 0.2) is 72.8 Å². The molecule has 170 valence electrons. The van der Waals surface area contributed by atoms with E-state index in [1.54, 1.807) is 30.3 Å². The molecule has 0 bridgehead atoms. The lowest BCUT2D eigenvalue weighted by Gasteiger charge is -2.21. The largest absolute Gasteiger partial charge is 0.339 e. The van der Waals surface area contributed by atoms with Crippen molar-refractivity contribution in [1.29, 1.82) is 0 Å². The van der Waals surface area contributed by atoms with Crippen LogP contribution < -0.4 is 10.6 Å². The van der Waals surface area contributed by atoms with Crippen molar-refractivity contribution in [3.63, 3.8) is 0 Å². The number of carbonyl (C=O) groups is 2. The maximum absolute atomic E-state index is 12.7. The SMILES string of the molecule is CCCN(CCC)C(=O)c1ccc(NC(=S)NC(=O)/C=C/c2cccc3ccccc23)cc1. The Morgan fingerprint density at radius 2 is 1.58 bits per heavy atom. The Morgan fingerprint density at radius 1 is 0.909 bits per heavy atom. The number of anilines is 1. The molecule has 0 aliphatic rings. The molecule has 0 aliphatic carbocycles. The van der Waals surface area contributed by atoms with Gasteiger partial charge < -0.3 is 10.2 Å². The van der Waals surface area contributed by atoms with Gasteiger partial charge in [-0.1, -0.05) is 56.3 Å². The highest BCUT2D eigenvalue weighted by atomic mass is 32.1. The Kier molecular flexibility index (Phi) is 8.72. The minimum absolute atomic E-state index is 0.0275. The van der Waals surface area contributed by atoms with Crippen LogP contribution in [0.2, 0.25) is 0 Å². The van der Waals surface area contributed by atoms with Gasteiger partial charge in [0.15, 0.2) is 5.11 Å². The first-order valence-electron chi connectivity index (χ1n) is 11.2. The molecule has 3 aromatic carbocycles. The van der Waals surface area contributed by atoms with Crippen LogP contribution in [0.1, 0.15) is 42.6 Å². The molecule has 33 heavy (non-hydrogen) atoms. The maximum atomic E-state index is 12.7. The Hall–Kier alpha value is -3.51. The van der Waals surface area contributed by atoms with Crippen LogP contribution >= 0.6 is 12.2 Å². The lowest BCUT2D eigenvalue weighted by Crippen LogP contribution is -2.33. The monoisotopic (exact) mass is 459 g/mol. The number of amides is 2. The van der Waals surface area contributed by atoms with Crippen LogP contribution in [-0.4, -0.2) is 34.9 Å². The van der Waals surface area contributed by atoms with Crippen molar-refractivity contribution >= 4 is 51.7 Å². The molecule has 0 heterocycles. The molecule has 6 heteroatoms. The molecule has 2 N–H and O–H groups in total. The average molecular weight is 460 g/mol. The fourth-order valence-corrected chi connectivity index (χ4v) is 3.83. The van der Waals surface area contributed by atoms with Gasteiger partial charge in [-0.25, -0.2) is 0 Å². The van der Waals surface area contributed by atoms with Crippen molar-refractivity contribution in [3.8, 4) is 0 Å². The molecule has 0 unspecified atom stereocenters. The van der Waals surface area contributed by atoms with Crippen molar-refractivity contribution in [3.05, 3.63) is 83.9 Å². The lowest BCUT2D eigenvalue weighted by molar-refractivity contribution is -0.115. The van der Waals surface area contributed by atoms with Gasteiger partial charge in [0.25, 0.3) is 5.91 Å². The molecule has 3 rings (SSSR count). The number of rotatable bonds is 8. The predicted molar refractivity (Wildman–Crippen MR) is 140 cm³/mol. The quantitative estimate of drug-likeness (QED) is 0.339.